The average molecular weight is 105 g/mol. The zero-order chi connectivity index (χ0) is 5.21. The highest BCUT2D eigenvalue weighted by Crippen LogP contribution is 2.32. The molecule has 0 rings (SSSR count). The van der Waals surface area contributed by atoms with E-state index in [0.29, 0.717) is 0 Å². The fourth-order valence-corrected chi connectivity index (χ4v) is 0. The van der Waals surface area contributed by atoms with E-state index < -0.39 is 0 Å². The molecular weight excluding hydrogens is 92.1 g/mol. The van der Waals surface area contributed by atoms with Crippen molar-refractivity contribution >= 4 is 10.0 Å². The molecule has 0 nitrogen and oxygen atoms in total. The van der Waals surface area contributed by atoms with Gasteiger partial charge in [-0.05, 0) is 31.4 Å². The van der Waals surface area contributed by atoms with Gasteiger partial charge in [-0.1, -0.05) is 0 Å². The van der Waals surface area contributed by atoms with Crippen molar-refractivity contribution in [2.24, 2.45) is 0 Å². The molecule has 0 saturated heterocycles. The summed E-state index contributed by atoms with van der Waals surface area (Å²) in [7, 11) is -0.273. The van der Waals surface area contributed by atoms with Gasteiger partial charge in [0.1, 0.15) is 0 Å². The Labute approximate surface area is 42.3 Å². The van der Waals surface area contributed by atoms with Gasteiger partial charge in [-0.3, -0.25) is 0 Å². The highest BCUT2D eigenvalue weighted by Gasteiger charge is 1.95. The standard InChI is InChI=1S/C5H13S/c1-5-6(2,3)4/h1,5H2,2-4H3. The Morgan fingerprint density at radius 1 is 1.33 bits per heavy atom. The Morgan fingerprint density at radius 3 is 1.50 bits per heavy atom. The van der Waals surface area contributed by atoms with Gasteiger partial charge in [-0.15, -0.1) is 0 Å². The molecule has 6 heavy (non-hydrogen) atoms. The van der Waals surface area contributed by atoms with E-state index in [-0.39, 0.29) is 10.0 Å². The lowest BCUT2D eigenvalue weighted by Gasteiger charge is -2.21. The van der Waals surface area contributed by atoms with Gasteiger partial charge in [-0.2, -0.15) is 0 Å². The second kappa shape index (κ2) is 1.87. The molecule has 0 fully saturated rings. The van der Waals surface area contributed by atoms with Crippen LogP contribution in [0.4, 0.5) is 0 Å². The van der Waals surface area contributed by atoms with Crippen LogP contribution in [-0.2, 0) is 0 Å². The van der Waals surface area contributed by atoms with E-state index in [1.54, 1.807) is 0 Å². The summed E-state index contributed by atoms with van der Waals surface area (Å²) in [6, 6.07) is 0. The minimum Gasteiger partial charge on any atom is -0.250 e. The Kier molecular flexibility index (Phi) is 1.98. The van der Waals surface area contributed by atoms with Crippen LogP contribution in [0.5, 0.6) is 0 Å². The van der Waals surface area contributed by atoms with Gasteiger partial charge in [0, 0.05) is 0 Å². The minimum atomic E-state index is -0.273. The Balaban J connectivity index is 3.17. The van der Waals surface area contributed by atoms with Crippen LogP contribution in [0.15, 0.2) is 0 Å². The molecule has 0 aliphatic heterocycles. The van der Waals surface area contributed by atoms with E-state index in [1.807, 2.05) is 0 Å². The summed E-state index contributed by atoms with van der Waals surface area (Å²) in [6.45, 7) is 3.79. The molecule has 0 saturated carbocycles. The van der Waals surface area contributed by atoms with Crippen LogP contribution < -0.4 is 0 Å². The molecular formula is C5H13S. The largest absolute Gasteiger partial charge is 0.250 e. The highest BCUT2D eigenvalue weighted by molar-refractivity contribution is 8.32. The zero-order valence-corrected chi connectivity index (χ0v) is 5.64. The van der Waals surface area contributed by atoms with Crippen LogP contribution in [-0.4, -0.2) is 24.5 Å². The molecule has 0 amide bonds. The van der Waals surface area contributed by atoms with E-state index in [1.165, 1.54) is 0 Å². The summed E-state index contributed by atoms with van der Waals surface area (Å²) < 4.78 is 0. The lowest BCUT2D eigenvalue weighted by molar-refractivity contribution is 1.74. The average Bonchev–Trinajstić information content (AvgIpc) is 1.35. The van der Waals surface area contributed by atoms with Gasteiger partial charge >= 0.3 is 0 Å². The number of hydrogen-bond donors (Lipinski definition) is 0. The molecule has 0 aromatic carbocycles. The van der Waals surface area contributed by atoms with E-state index >= 15 is 0 Å². The van der Waals surface area contributed by atoms with Crippen molar-refractivity contribution in [1.29, 1.82) is 0 Å². The molecule has 0 N–H and O–H groups in total. The summed E-state index contributed by atoms with van der Waals surface area (Å²) in [5.41, 5.74) is 0. The Bertz CT molecular complexity index is 33.7. The zero-order valence-electron chi connectivity index (χ0n) is 4.82. The summed E-state index contributed by atoms with van der Waals surface area (Å²) in [5, 5.41) is 0. The monoisotopic (exact) mass is 105 g/mol. The number of hydrogen-bond acceptors (Lipinski definition) is 0. The van der Waals surface area contributed by atoms with Crippen LogP contribution in [0.3, 0.4) is 0 Å². The Hall–Kier alpha value is 0.350. The van der Waals surface area contributed by atoms with Crippen molar-refractivity contribution in [2.45, 2.75) is 0 Å². The molecule has 0 aliphatic carbocycles. The van der Waals surface area contributed by atoms with E-state index in [9.17, 15) is 0 Å². The molecule has 39 valence electrons. The molecule has 0 atom stereocenters. The van der Waals surface area contributed by atoms with Crippen LogP contribution in [0, 0.1) is 6.92 Å². The van der Waals surface area contributed by atoms with Crippen molar-refractivity contribution in [1.82, 2.24) is 0 Å². The van der Waals surface area contributed by atoms with Gasteiger partial charge in [0.15, 0.2) is 0 Å². The third kappa shape index (κ3) is 4.35. The third-order valence-electron chi connectivity index (χ3n) is 0.612. The molecule has 1 radical (unpaired) electrons. The van der Waals surface area contributed by atoms with Gasteiger partial charge in [0.25, 0.3) is 0 Å². The van der Waals surface area contributed by atoms with Crippen LogP contribution in [0.25, 0.3) is 0 Å². The van der Waals surface area contributed by atoms with Gasteiger partial charge in [0.05, 0.1) is 0 Å². The van der Waals surface area contributed by atoms with Crippen molar-refractivity contribution in [3.8, 4) is 0 Å². The maximum absolute atomic E-state index is 3.79. The fraction of sp³-hybridized carbons (Fsp3) is 0.800. The van der Waals surface area contributed by atoms with Gasteiger partial charge in [0.2, 0.25) is 0 Å². The smallest absolute Gasteiger partial charge is 0.0235 e. The first-order chi connectivity index (χ1) is 2.56. The fourth-order valence-electron chi connectivity index (χ4n) is 0. The van der Waals surface area contributed by atoms with E-state index in [4.69, 9.17) is 0 Å². The minimum absolute atomic E-state index is 0.273. The van der Waals surface area contributed by atoms with Crippen molar-refractivity contribution in [3.05, 3.63) is 6.92 Å². The van der Waals surface area contributed by atoms with Crippen molar-refractivity contribution < 1.29 is 0 Å². The first-order valence-electron chi connectivity index (χ1n) is 2.01. The lowest BCUT2D eigenvalue weighted by atomic mass is 11.0. The molecule has 1 heteroatoms. The maximum atomic E-state index is 3.79. The van der Waals surface area contributed by atoms with Gasteiger partial charge in [-0.25, -0.2) is 10.0 Å². The van der Waals surface area contributed by atoms with Crippen LogP contribution in [0.2, 0.25) is 0 Å². The topological polar surface area (TPSA) is 0 Å². The predicted octanol–water partition coefficient (Wildman–Crippen LogP) is 1.51. The molecule has 0 aromatic rings. The summed E-state index contributed by atoms with van der Waals surface area (Å²) in [5.74, 6) is 1.10. The predicted molar refractivity (Wildman–Crippen MR) is 35.6 cm³/mol. The highest BCUT2D eigenvalue weighted by atomic mass is 32.3. The molecule has 0 spiro atoms. The summed E-state index contributed by atoms with van der Waals surface area (Å²) in [4.78, 5) is 0. The molecule has 0 heterocycles. The quantitative estimate of drug-likeness (QED) is 0.474. The summed E-state index contributed by atoms with van der Waals surface area (Å²) in [6.07, 6.45) is 6.79. The normalized spacial score (nSPS) is 14.7. The molecule has 0 aromatic heterocycles. The lowest BCUT2D eigenvalue weighted by Crippen LogP contribution is -1.92. The van der Waals surface area contributed by atoms with E-state index in [0.717, 1.165) is 5.75 Å². The molecule has 0 aliphatic rings. The first kappa shape index (κ1) is 6.35. The third-order valence-corrected chi connectivity index (χ3v) is 1.84. The van der Waals surface area contributed by atoms with Gasteiger partial charge < -0.3 is 0 Å². The second-order valence-electron chi connectivity index (χ2n) is 2.29. The summed E-state index contributed by atoms with van der Waals surface area (Å²) >= 11 is 0. The van der Waals surface area contributed by atoms with Crippen LogP contribution in [0.1, 0.15) is 0 Å². The SMILES string of the molecule is [CH2]CS(C)(C)C. The number of rotatable bonds is 1. The van der Waals surface area contributed by atoms with E-state index in [2.05, 4.69) is 25.7 Å². The Morgan fingerprint density at radius 2 is 1.50 bits per heavy atom. The molecule has 0 unspecified atom stereocenters. The van der Waals surface area contributed by atoms with Crippen molar-refractivity contribution in [3.63, 3.8) is 0 Å². The molecule has 0 bridgehead atoms. The second-order valence-corrected chi connectivity index (χ2v) is 6.88. The first-order valence-corrected chi connectivity index (χ1v) is 5.04. The van der Waals surface area contributed by atoms with Crippen molar-refractivity contribution in [2.75, 3.05) is 24.5 Å². The van der Waals surface area contributed by atoms with Crippen LogP contribution >= 0.6 is 10.0 Å². The maximum Gasteiger partial charge on any atom is -0.0235 e.